The predicted octanol–water partition coefficient (Wildman–Crippen LogP) is -0.446. The molecule has 0 bridgehead atoms. The van der Waals surface area contributed by atoms with Crippen LogP contribution in [0, 0.1) is 0 Å². The van der Waals surface area contributed by atoms with Crippen LogP contribution >= 0.6 is 0 Å². The van der Waals surface area contributed by atoms with Crippen molar-refractivity contribution >= 4 is 5.97 Å². The standard InChI is InChI=1S/C10H20N2O3/c1-2-3-8(13)5-12-10(4-9(14)15)6-11-7-10/h8,11-13H,2-7H2,1H3,(H,14,15). The van der Waals surface area contributed by atoms with Gasteiger partial charge in [0.05, 0.1) is 18.1 Å². The molecule has 1 saturated heterocycles. The highest BCUT2D eigenvalue weighted by atomic mass is 16.4. The van der Waals surface area contributed by atoms with Crippen LogP contribution in [0.4, 0.5) is 0 Å². The largest absolute Gasteiger partial charge is 0.481 e. The Hall–Kier alpha value is -0.650. The third-order valence-corrected chi connectivity index (χ3v) is 2.75. The SMILES string of the molecule is CCCC(O)CNC1(CC(=O)O)CNC1. The van der Waals surface area contributed by atoms with Gasteiger partial charge in [0.25, 0.3) is 0 Å². The highest BCUT2D eigenvalue weighted by Crippen LogP contribution is 2.16. The number of carboxylic acid groups (broad SMARTS) is 1. The van der Waals surface area contributed by atoms with Crippen LogP contribution in [0.1, 0.15) is 26.2 Å². The molecule has 88 valence electrons. The number of hydrogen-bond donors (Lipinski definition) is 4. The van der Waals surface area contributed by atoms with Gasteiger partial charge in [-0.15, -0.1) is 0 Å². The van der Waals surface area contributed by atoms with Gasteiger partial charge in [-0.1, -0.05) is 13.3 Å². The molecule has 1 aliphatic heterocycles. The fourth-order valence-corrected chi connectivity index (χ4v) is 1.80. The molecule has 15 heavy (non-hydrogen) atoms. The molecule has 1 heterocycles. The number of nitrogens with one attached hydrogen (secondary N) is 2. The second kappa shape index (κ2) is 5.44. The Morgan fingerprint density at radius 3 is 2.67 bits per heavy atom. The lowest BCUT2D eigenvalue weighted by molar-refractivity contribution is -0.139. The maximum absolute atomic E-state index is 10.6. The minimum Gasteiger partial charge on any atom is -0.481 e. The molecule has 4 N–H and O–H groups in total. The lowest BCUT2D eigenvalue weighted by Gasteiger charge is -2.43. The Kier molecular flexibility index (Phi) is 4.50. The number of carboxylic acids is 1. The predicted molar refractivity (Wildman–Crippen MR) is 56.8 cm³/mol. The molecular formula is C10H20N2O3. The molecule has 1 rings (SSSR count). The summed E-state index contributed by atoms with van der Waals surface area (Å²) >= 11 is 0. The van der Waals surface area contributed by atoms with Gasteiger partial charge in [0.15, 0.2) is 0 Å². The van der Waals surface area contributed by atoms with Crippen LogP contribution in [0.5, 0.6) is 0 Å². The van der Waals surface area contributed by atoms with E-state index in [1.165, 1.54) is 0 Å². The second-order valence-corrected chi connectivity index (χ2v) is 4.28. The van der Waals surface area contributed by atoms with Gasteiger partial charge in [0, 0.05) is 19.6 Å². The Morgan fingerprint density at radius 1 is 1.60 bits per heavy atom. The molecule has 0 saturated carbocycles. The monoisotopic (exact) mass is 216 g/mol. The van der Waals surface area contributed by atoms with Crippen LogP contribution in [-0.2, 0) is 4.79 Å². The smallest absolute Gasteiger partial charge is 0.305 e. The fraction of sp³-hybridized carbons (Fsp3) is 0.900. The Bertz CT molecular complexity index is 217. The molecule has 1 atom stereocenters. The van der Waals surface area contributed by atoms with Gasteiger partial charge in [0.2, 0.25) is 0 Å². The van der Waals surface area contributed by atoms with Crippen LogP contribution < -0.4 is 10.6 Å². The van der Waals surface area contributed by atoms with Crippen molar-refractivity contribution in [1.29, 1.82) is 0 Å². The van der Waals surface area contributed by atoms with E-state index in [-0.39, 0.29) is 18.1 Å². The number of carbonyl (C=O) groups is 1. The number of aliphatic hydroxyl groups is 1. The highest BCUT2D eigenvalue weighted by molar-refractivity contribution is 5.68. The first-order valence-corrected chi connectivity index (χ1v) is 5.43. The summed E-state index contributed by atoms with van der Waals surface area (Å²) in [5, 5.41) is 24.5. The van der Waals surface area contributed by atoms with E-state index in [0.29, 0.717) is 19.6 Å². The number of hydrogen-bond acceptors (Lipinski definition) is 4. The van der Waals surface area contributed by atoms with Gasteiger partial charge in [0.1, 0.15) is 0 Å². The molecule has 0 radical (unpaired) electrons. The van der Waals surface area contributed by atoms with Gasteiger partial charge in [-0.25, -0.2) is 0 Å². The lowest BCUT2D eigenvalue weighted by Crippen LogP contribution is -2.69. The first-order valence-electron chi connectivity index (χ1n) is 5.43. The van der Waals surface area contributed by atoms with Crippen molar-refractivity contribution in [3.05, 3.63) is 0 Å². The maximum atomic E-state index is 10.6. The van der Waals surface area contributed by atoms with E-state index < -0.39 is 5.97 Å². The van der Waals surface area contributed by atoms with E-state index in [4.69, 9.17) is 5.11 Å². The molecule has 0 spiro atoms. The van der Waals surface area contributed by atoms with E-state index in [9.17, 15) is 9.90 Å². The van der Waals surface area contributed by atoms with E-state index in [1.807, 2.05) is 6.92 Å². The number of β-amino-alcohol motifs (C(OH)–C–C–N with tert-alkyl or cyclic N) is 1. The molecule has 0 aromatic carbocycles. The van der Waals surface area contributed by atoms with E-state index in [0.717, 1.165) is 12.8 Å². The molecule has 0 aromatic rings. The zero-order chi connectivity index (χ0) is 11.3. The minimum atomic E-state index is -0.797. The molecule has 1 fully saturated rings. The minimum absolute atomic E-state index is 0.110. The topological polar surface area (TPSA) is 81.6 Å². The van der Waals surface area contributed by atoms with E-state index >= 15 is 0 Å². The Balaban J connectivity index is 2.30. The molecular weight excluding hydrogens is 196 g/mol. The van der Waals surface area contributed by atoms with Crippen LogP contribution in [0.15, 0.2) is 0 Å². The van der Waals surface area contributed by atoms with Crippen LogP contribution in [0.3, 0.4) is 0 Å². The van der Waals surface area contributed by atoms with Gasteiger partial charge >= 0.3 is 5.97 Å². The summed E-state index contributed by atoms with van der Waals surface area (Å²) in [5.41, 5.74) is -0.347. The number of aliphatic carboxylic acids is 1. The molecule has 5 heteroatoms. The van der Waals surface area contributed by atoms with E-state index in [1.54, 1.807) is 0 Å². The van der Waals surface area contributed by atoms with Crippen LogP contribution in [0.2, 0.25) is 0 Å². The normalized spacial score (nSPS) is 20.7. The molecule has 1 aliphatic rings. The van der Waals surface area contributed by atoms with Gasteiger partial charge in [-0.05, 0) is 6.42 Å². The molecule has 1 unspecified atom stereocenters. The first kappa shape index (κ1) is 12.4. The van der Waals surface area contributed by atoms with Crippen molar-refractivity contribution in [3.8, 4) is 0 Å². The fourth-order valence-electron chi connectivity index (χ4n) is 1.80. The molecule has 0 amide bonds. The van der Waals surface area contributed by atoms with Crippen LogP contribution in [-0.4, -0.2) is 47.5 Å². The van der Waals surface area contributed by atoms with Crippen LogP contribution in [0.25, 0.3) is 0 Å². The lowest BCUT2D eigenvalue weighted by atomic mass is 9.88. The summed E-state index contributed by atoms with van der Waals surface area (Å²) < 4.78 is 0. The van der Waals surface area contributed by atoms with Crippen molar-refractivity contribution in [3.63, 3.8) is 0 Å². The quantitative estimate of drug-likeness (QED) is 0.463. The van der Waals surface area contributed by atoms with Gasteiger partial charge < -0.3 is 20.8 Å². The molecule has 5 nitrogen and oxygen atoms in total. The van der Waals surface area contributed by atoms with Crippen molar-refractivity contribution in [2.24, 2.45) is 0 Å². The van der Waals surface area contributed by atoms with Crippen molar-refractivity contribution in [2.75, 3.05) is 19.6 Å². The van der Waals surface area contributed by atoms with Gasteiger partial charge in [-0.3, -0.25) is 4.79 Å². The average molecular weight is 216 g/mol. The van der Waals surface area contributed by atoms with Crippen molar-refractivity contribution in [1.82, 2.24) is 10.6 Å². The summed E-state index contributed by atoms with van der Waals surface area (Å²) in [6, 6.07) is 0. The third-order valence-electron chi connectivity index (χ3n) is 2.75. The summed E-state index contributed by atoms with van der Waals surface area (Å²) in [6.07, 6.45) is 1.43. The Morgan fingerprint density at radius 2 is 2.27 bits per heavy atom. The summed E-state index contributed by atoms with van der Waals surface area (Å²) in [4.78, 5) is 10.6. The second-order valence-electron chi connectivity index (χ2n) is 4.28. The number of aliphatic hydroxyl groups excluding tert-OH is 1. The maximum Gasteiger partial charge on any atom is 0.305 e. The number of rotatable bonds is 7. The molecule has 0 aliphatic carbocycles. The summed E-state index contributed by atoms with van der Waals surface area (Å²) in [6.45, 7) is 3.82. The molecule has 0 aromatic heterocycles. The average Bonchev–Trinajstić information content (AvgIpc) is 2.09. The highest BCUT2D eigenvalue weighted by Gasteiger charge is 2.38. The zero-order valence-electron chi connectivity index (χ0n) is 9.12. The van der Waals surface area contributed by atoms with E-state index in [2.05, 4.69) is 10.6 Å². The van der Waals surface area contributed by atoms with Crippen molar-refractivity contribution < 1.29 is 15.0 Å². The Labute approximate surface area is 89.9 Å². The summed E-state index contributed by atoms with van der Waals surface area (Å²) in [5.74, 6) is -0.797. The third kappa shape index (κ3) is 3.77. The summed E-state index contributed by atoms with van der Waals surface area (Å²) in [7, 11) is 0. The van der Waals surface area contributed by atoms with Crippen molar-refractivity contribution in [2.45, 2.75) is 37.8 Å². The first-order chi connectivity index (χ1) is 7.08. The van der Waals surface area contributed by atoms with Gasteiger partial charge in [-0.2, -0.15) is 0 Å². The zero-order valence-corrected chi connectivity index (χ0v) is 9.12.